The highest BCUT2D eigenvalue weighted by Crippen LogP contribution is 2.25. The summed E-state index contributed by atoms with van der Waals surface area (Å²) in [6.07, 6.45) is 5.07. The summed E-state index contributed by atoms with van der Waals surface area (Å²) >= 11 is 0. The summed E-state index contributed by atoms with van der Waals surface area (Å²) in [4.78, 5) is 27.4. The number of oxazole rings is 1. The number of fused-ring (bicyclic) bond motifs is 1. The maximum Gasteiger partial charge on any atom is 0.238 e. The van der Waals surface area contributed by atoms with E-state index in [9.17, 15) is 13.6 Å². The molecular formula is C22H24F2N4O2. The van der Waals surface area contributed by atoms with Gasteiger partial charge in [-0.3, -0.25) is 14.8 Å². The van der Waals surface area contributed by atoms with Crippen molar-refractivity contribution >= 4 is 16.8 Å². The Morgan fingerprint density at radius 3 is 2.67 bits per heavy atom. The zero-order valence-corrected chi connectivity index (χ0v) is 16.9. The molecule has 0 spiro atoms. The summed E-state index contributed by atoms with van der Waals surface area (Å²) in [5.41, 5.74) is 2.24. The zero-order valence-electron chi connectivity index (χ0n) is 16.9. The van der Waals surface area contributed by atoms with E-state index in [1.54, 1.807) is 25.5 Å². The van der Waals surface area contributed by atoms with Crippen LogP contribution in [-0.2, 0) is 11.2 Å². The number of hydrogen-bond acceptors (Lipinski definition) is 5. The number of alkyl halides is 2. The standard InChI is InChI=1S/C22H24F2N4O2/c1-14-25-13-20(30-14)17-8-16-9-18(26-12-19(16)27-11-17)10-22(29)28-6-4-15(5-7-28)2-3-21(23)24/h8-9,11-13,15,21H,2-7,10H2,1H3. The molecule has 0 aromatic carbocycles. The van der Waals surface area contributed by atoms with Gasteiger partial charge in [0.2, 0.25) is 12.3 Å². The highest BCUT2D eigenvalue weighted by atomic mass is 19.3. The normalized spacial score (nSPS) is 15.3. The van der Waals surface area contributed by atoms with Gasteiger partial charge < -0.3 is 9.32 Å². The quantitative estimate of drug-likeness (QED) is 0.597. The first-order valence-corrected chi connectivity index (χ1v) is 10.2. The molecule has 0 N–H and O–H groups in total. The Labute approximate surface area is 173 Å². The van der Waals surface area contributed by atoms with Crippen LogP contribution in [0.2, 0.25) is 0 Å². The Hall–Kier alpha value is -2.90. The number of halogens is 2. The van der Waals surface area contributed by atoms with E-state index in [1.807, 2.05) is 17.0 Å². The molecule has 1 saturated heterocycles. The molecule has 30 heavy (non-hydrogen) atoms. The Bertz CT molecular complexity index is 1030. The number of carbonyl (C=O) groups excluding carboxylic acids is 1. The van der Waals surface area contributed by atoms with Gasteiger partial charge >= 0.3 is 0 Å². The van der Waals surface area contributed by atoms with Gasteiger partial charge in [-0.15, -0.1) is 0 Å². The number of piperidine rings is 1. The number of amides is 1. The third kappa shape index (κ3) is 4.80. The van der Waals surface area contributed by atoms with E-state index in [2.05, 4.69) is 15.0 Å². The van der Waals surface area contributed by atoms with Gasteiger partial charge in [-0.05, 0) is 37.3 Å². The van der Waals surface area contributed by atoms with Crippen LogP contribution in [0.15, 0.2) is 35.1 Å². The molecule has 8 heteroatoms. The lowest BCUT2D eigenvalue weighted by Gasteiger charge is -2.32. The summed E-state index contributed by atoms with van der Waals surface area (Å²) in [5, 5.41) is 0.880. The lowest BCUT2D eigenvalue weighted by atomic mass is 9.92. The molecule has 1 aliphatic rings. The van der Waals surface area contributed by atoms with E-state index < -0.39 is 6.43 Å². The first kappa shape index (κ1) is 20.4. The first-order valence-electron chi connectivity index (χ1n) is 10.2. The van der Waals surface area contributed by atoms with Gasteiger partial charge in [-0.1, -0.05) is 0 Å². The largest absolute Gasteiger partial charge is 0.441 e. The SMILES string of the molecule is Cc1ncc(-c2cnc3cnc(CC(=O)N4CCC(CCC(F)F)CC4)cc3c2)o1. The molecule has 0 saturated carbocycles. The minimum absolute atomic E-state index is 0.0177. The van der Waals surface area contributed by atoms with Gasteiger partial charge in [0.15, 0.2) is 11.7 Å². The molecule has 0 aliphatic carbocycles. The van der Waals surface area contributed by atoms with Gasteiger partial charge in [-0.2, -0.15) is 0 Å². The van der Waals surface area contributed by atoms with Crippen LogP contribution in [0.4, 0.5) is 8.78 Å². The second-order valence-electron chi connectivity index (χ2n) is 7.81. The second kappa shape index (κ2) is 8.85. The Balaban J connectivity index is 1.40. The third-order valence-electron chi connectivity index (χ3n) is 5.62. The predicted octanol–water partition coefficient (Wildman–Crippen LogP) is 4.42. The fourth-order valence-corrected chi connectivity index (χ4v) is 3.90. The molecule has 0 atom stereocenters. The van der Waals surface area contributed by atoms with Crippen LogP contribution in [0.5, 0.6) is 0 Å². The smallest absolute Gasteiger partial charge is 0.238 e. The molecule has 1 amide bonds. The van der Waals surface area contributed by atoms with Gasteiger partial charge in [0.25, 0.3) is 0 Å². The van der Waals surface area contributed by atoms with Crippen molar-refractivity contribution in [2.45, 2.75) is 45.5 Å². The lowest BCUT2D eigenvalue weighted by Crippen LogP contribution is -2.39. The number of aryl methyl sites for hydroxylation is 1. The highest BCUT2D eigenvalue weighted by molar-refractivity contribution is 5.84. The molecule has 1 aliphatic heterocycles. The van der Waals surface area contributed by atoms with Crippen LogP contribution >= 0.6 is 0 Å². The van der Waals surface area contributed by atoms with Crippen molar-refractivity contribution in [1.29, 1.82) is 0 Å². The van der Waals surface area contributed by atoms with Crippen molar-refractivity contribution in [3.05, 3.63) is 42.3 Å². The maximum absolute atomic E-state index is 12.7. The Morgan fingerprint density at radius 1 is 1.17 bits per heavy atom. The van der Waals surface area contributed by atoms with Crippen molar-refractivity contribution < 1.29 is 18.0 Å². The number of pyridine rings is 2. The van der Waals surface area contributed by atoms with Crippen LogP contribution in [-0.4, -0.2) is 45.3 Å². The van der Waals surface area contributed by atoms with Crippen LogP contribution in [0.3, 0.4) is 0 Å². The Kier molecular flexibility index (Phi) is 6.01. The van der Waals surface area contributed by atoms with E-state index in [0.717, 1.165) is 29.3 Å². The van der Waals surface area contributed by atoms with Gasteiger partial charge in [0, 0.05) is 43.6 Å². The molecule has 4 rings (SSSR count). The van der Waals surface area contributed by atoms with E-state index in [-0.39, 0.29) is 24.7 Å². The van der Waals surface area contributed by atoms with Gasteiger partial charge in [0.1, 0.15) is 0 Å². The number of aromatic nitrogens is 3. The van der Waals surface area contributed by atoms with Crippen molar-refractivity contribution in [3.63, 3.8) is 0 Å². The number of carbonyl (C=O) groups is 1. The molecule has 3 aromatic rings. The van der Waals surface area contributed by atoms with E-state index in [0.29, 0.717) is 36.9 Å². The van der Waals surface area contributed by atoms with E-state index in [4.69, 9.17) is 4.42 Å². The summed E-state index contributed by atoms with van der Waals surface area (Å²) in [6, 6.07) is 3.83. The van der Waals surface area contributed by atoms with Crippen molar-refractivity contribution in [2.24, 2.45) is 5.92 Å². The highest BCUT2D eigenvalue weighted by Gasteiger charge is 2.23. The summed E-state index contributed by atoms with van der Waals surface area (Å²) in [6.45, 7) is 3.03. The van der Waals surface area contributed by atoms with E-state index in [1.165, 1.54) is 0 Å². The summed E-state index contributed by atoms with van der Waals surface area (Å²) in [5.74, 6) is 1.53. The second-order valence-corrected chi connectivity index (χ2v) is 7.81. The molecule has 6 nitrogen and oxygen atoms in total. The number of nitrogens with zero attached hydrogens (tertiary/aromatic N) is 4. The summed E-state index contributed by atoms with van der Waals surface area (Å²) in [7, 11) is 0. The molecule has 0 unspecified atom stereocenters. The van der Waals surface area contributed by atoms with Crippen molar-refractivity contribution in [2.75, 3.05) is 13.1 Å². The third-order valence-corrected chi connectivity index (χ3v) is 5.62. The topological polar surface area (TPSA) is 72.1 Å². The molecular weight excluding hydrogens is 390 g/mol. The molecule has 0 bridgehead atoms. The minimum Gasteiger partial charge on any atom is -0.441 e. The average molecular weight is 414 g/mol. The minimum atomic E-state index is -2.24. The molecule has 0 radical (unpaired) electrons. The maximum atomic E-state index is 12.7. The number of likely N-dealkylation sites (tertiary alicyclic amines) is 1. The fraction of sp³-hybridized carbons (Fsp3) is 0.455. The average Bonchev–Trinajstić information content (AvgIpc) is 3.18. The summed E-state index contributed by atoms with van der Waals surface area (Å²) < 4.78 is 30.3. The fourth-order valence-electron chi connectivity index (χ4n) is 3.90. The van der Waals surface area contributed by atoms with Gasteiger partial charge in [-0.25, -0.2) is 13.8 Å². The van der Waals surface area contributed by atoms with E-state index >= 15 is 0 Å². The molecule has 158 valence electrons. The molecule has 1 fully saturated rings. The van der Waals surface area contributed by atoms with Crippen molar-refractivity contribution in [1.82, 2.24) is 19.9 Å². The molecule has 4 heterocycles. The predicted molar refractivity (Wildman–Crippen MR) is 108 cm³/mol. The van der Waals surface area contributed by atoms with Crippen molar-refractivity contribution in [3.8, 4) is 11.3 Å². The van der Waals surface area contributed by atoms with Crippen LogP contribution in [0.1, 0.15) is 37.3 Å². The number of rotatable bonds is 6. The Morgan fingerprint density at radius 2 is 1.97 bits per heavy atom. The van der Waals surface area contributed by atoms with Crippen LogP contribution in [0, 0.1) is 12.8 Å². The monoisotopic (exact) mass is 414 g/mol. The van der Waals surface area contributed by atoms with Gasteiger partial charge in [0.05, 0.1) is 30.0 Å². The molecule has 3 aromatic heterocycles. The number of hydrogen-bond donors (Lipinski definition) is 0. The van der Waals surface area contributed by atoms with Crippen LogP contribution in [0.25, 0.3) is 22.2 Å². The lowest BCUT2D eigenvalue weighted by molar-refractivity contribution is -0.132. The first-order chi connectivity index (χ1) is 14.5. The van der Waals surface area contributed by atoms with Crippen LogP contribution < -0.4 is 0 Å². The zero-order chi connectivity index (χ0) is 21.1.